The van der Waals surface area contributed by atoms with Crippen LogP contribution in [0.3, 0.4) is 0 Å². The molecule has 30 heavy (non-hydrogen) atoms. The molecule has 2 N–H and O–H groups in total. The maximum Gasteiger partial charge on any atom is 0.309 e. The second kappa shape index (κ2) is 8.10. The molecule has 1 aliphatic heterocycles. The van der Waals surface area contributed by atoms with Crippen LogP contribution in [-0.4, -0.2) is 52.7 Å². The summed E-state index contributed by atoms with van der Waals surface area (Å²) in [4.78, 5) is 26.3. The Bertz CT molecular complexity index is 953. The minimum Gasteiger partial charge on any atom is -0.481 e. The summed E-state index contributed by atoms with van der Waals surface area (Å²) in [5.74, 6) is -5.69. The van der Waals surface area contributed by atoms with Crippen molar-refractivity contribution in [2.75, 3.05) is 19.6 Å². The molecule has 1 aliphatic carbocycles. The Hall–Kier alpha value is -2.88. The summed E-state index contributed by atoms with van der Waals surface area (Å²) in [5.41, 5.74) is -0.891. The van der Waals surface area contributed by atoms with Crippen LogP contribution in [-0.2, 0) is 4.79 Å². The van der Waals surface area contributed by atoms with Gasteiger partial charge in [-0.1, -0.05) is 5.16 Å². The number of likely N-dealkylation sites (tertiary alicyclic amines) is 1. The third-order valence-corrected chi connectivity index (χ3v) is 5.54. The summed E-state index contributed by atoms with van der Waals surface area (Å²) in [7, 11) is 0. The molecule has 0 spiro atoms. The van der Waals surface area contributed by atoms with Gasteiger partial charge in [-0.2, -0.15) is 0 Å². The van der Waals surface area contributed by atoms with Crippen LogP contribution in [0.2, 0.25) is 0 Å². The van der Waals surface area contributed by atoms with E-state index in [2.05, 4.69) is 15.4 Å². The average molecular weight is 423 g/mol. The Morgan fingerprint density at radius 3 is 2.50 bits per heavy atom. The summed E-state index contributed by atoms with van der Waals surface area (Å²) < 4.78 is 45.8. The number of nitrogens with one attached hydrogen (secondary N) is 1. The Balaban J connectivity index is 1.46. The van der Waals surface area contributed by atoms with Crippen LogP contribution in [0.5, 0.6) is 0 Å². The van der Waals surface area contributed by atoms with Crippen LogP contribution in [0.15, 0.2) is 22.7 Å². The van der Waals surface area contributed by atoms with E-state index in [9.17, 15) is 27.9 Å². The maximum atomic E-state index is 13.9. The fraction of sp³-hybridized carbons (Fsp3) is 0.450. The van der Waals surface area contributed by atoms with Crippen LogP contribution in [0.4, 0.5) is 13.2 Å². The minimum atomic E-state index is -1.19. The first-order valence-electron chi connectivity index (χ1n) is 9.69. The Morgan fingerprint density at radius 2 is 1.87 bits per heavy atom. The number of aromatic nitrogens is 1. The van der Waals surface area contributed by atoms with Crippen LogP contribution in [0, 0.1) is 29.3 Å². The van der Waals surface area contributed by atoms with Gasteiger partial charge in [0, 0.05) is 43.9 Å². The van der Waals surface area contributed by atoms with Crippen molar-refractivity contribution in [3.05, 3.63) is 41.3 Å². The highest BCUT2D eigenvalue weighted by Gasteiger charge is 2.37. The standard InChI is InChI=1S/C20H20F3N3O4/c21-11-5-13(22)18(14(23)6-11)17-7-16(25-30-17)19(27)24-15-3-4-26(8-10-1-2-10)9-12(15)20(28)29/h5-7,10,12,15H,1-4,8-9H2,(H,24,27)(H,28,29)/t12-,15-/m1/s1. The molecule has 2 aromatic rings. The predicted octanol–water partition coefficient (Wildman–Crippen LogP) is 2.67. The lowest BCUT2D eigenvalue weighted by atomic mass is 9.91. The molecular formula is C20H20F3N3O4. The molecule has 0 radical (unpaired) electrons. The van der Waals surface area contributed by atoms with Crippen LogP contribution < -0.4 is 5.32 Å². The summed E-state index contributed by atoms with van der Waals surface area (Å²) in [6, 6.07) is 1.42. The Labute approximate surface area is 169 Å². The van der Waals surface area contributed by atoms with Crippen molar-refractivity contribution in [1.29, 1.82) is 0 Å². The summed E-state index contributed by atoms with van der Waals surface area (Å²) in [6.45, 7) is 1.88. The van der Waals surface area contributed by atoms with Gasteiger partial charge in [0.2, 0.25) is 0 Å². The van der Waals surface area contributed by atoms with Crippen molar-refractivity contribution in [3.63, 3.8) is 0 Å². The Morgan fingerprint density at radius 1 is 1.17 bits per heavy atom. The highest BCUT2D eigenvalue weighted by molar-refractivity contribution is 5.93. The van der Waals surface area contributed by atoms with E-state index in [1.54, 1.807) is 0 Å². The number of hydrogen-bond acceptors (Lipinski definition) is 5. The fourth-order valence-corrected chi connectivity index (χ4v) is 3.79. The van der Waals surface area contributed by atoms with Crippen LogP contribution in [0.1, 0.15) is 29.8 Å². The molecule has 0 unspecified atom stereocenters. The number of carbonyl (C=O) groups excluding carboxylic acids is 1. The number of carboxylic acids is 1. The minimum absolute atomic E-state index is 0.252. The third-order valence-electron chi connectivity index (χ3n) is 5.54. The zero-order valence-electron chi connectivity index (χ0n) is 15.9. The molecule has 4 rings (SSSR count). The number of rotatable bonds is 6. The van der Waals surface area contributed by atoms with Gasteiger partial charge in [0.15, 0.2) is 11.5 Å². The van der Waals surface area contributed by atoms with Gasteiger partial charge in [0.05, 0.1) is 11.5 Å². The highest BCUT2D eigenvalue weighted by atomic mass is 19.1. The van der Waals surface area contributed by atoms with Crippen molar-refractivity contribution < 1.29 is 32.4 Å². The van der Waals surface area contributed by atoms with Gasteiger partial charge in [-0.05, 0) is 25.2 Å². The number of aliphatic carboxylic acids is 1. The number of carbonyl (C=O) groups is 2. The first-order valence-corrected chi connectivity index (χ1v) is 9.69. The van der Waals surface area contributed by atoms with Crippen LogP contribution >= 0.6 is 0 Å². The second-order valence-corrected chi connectivity index (χ2v) is 7.84. The SMILES string of the molecule is O=C(N[C@@H]1CCN(CC2CC2)C[C@H]1C(=O)O)c1cc(-c2c(F)cc(F)cc2F)on1. The molecule has 1 saturated carbocycles. The molecule has 1 amide bonds. The second-order valence-electron chi connectivity index (χ2n) is 7.84. The molecule has 2 aliphatic rings. The number of benzene rings is 1. The average Bonchev–Trinajstić information content (AvgIpc) is 3.35. The van der Waals surface area contributed by atoms with Gasteiger partial charge in [0.25, 0.3) is 5.91 Å². The van der Waals surface area contributed by atoms with E-state index >= 15 is 0 Å². The van der Waals surface area contributed by atoms with Gasteiger partial charge >= 0.3 is 5.97 Å². The normalized spacial score (nSPS) is 22.1. The highest BCUT2D eigenvalue weighted by Crippen LogP contribution is 2.31. The van der Waals surface area contributed by atoms with Gasteiger partial charge < -0.3 is 19.8 Å². The quantitative estimate of drug-likeness (QED) is 0.742. The van der Waals surface area contributed by atoms with Gasteiger partial charge in [-0.3, -0.25) is 9.59 Å². The fourth-order valence-electron chi connectivity index (χ4n) is 3.79. The molecule has 10 heteroatoms. The molecule has 0 bridgehead atoms. The van der Waals surface area contributed by atoms with Gasteiger partial charge in [-0.15, -0.1) is 0 Å². The summed E-state index contributed by atoms with van der Waals surface area (Å²) in [5, 5.41) is 15.7. The van der Waals surface area contributed by atoms with Crippen molar-refractivity contribution in [3.8, 4) is 11.3 Å². The number of nitrogens with zero attached hydrogens (tertiary/aromatic N) is 2. The Kier molecular flexibility index (Phi) is 5.50. The van der Waals surface area contributed by atoms with E-state index in [0.717, 1.165) is 25.5 Å². The molecule has 160 valence electrons. The lowest BCUT2D eigenvalue weighted by Gasteiger charge is -2.36. The zero-order chi connectivity index (χ0) is 21.4. The largest absolute Gasteiger partial charge is 0.481 e. The monoisotopic (exact) mass is 423 g/mol. The number of hydrogen-bond donors (Lipinski definition) is 2. The molecule has 1 aromatic carbocycles. The molecule has 2 heterocycles. The number of amides is 1. The van der Waals surface area contributed by atoms with E-state index in [1.807, 2.05) is 0 Å². The number of piperidine rings is 1. The van der Waals surface area contributed by atoms with E-state index in [0.29, 0.717) is 37.6 Å². The number of carboxylic acid groups (broad SMARTS) is 1. The lowest BCUT2D eigenvalue weighted by Crippen LogP contribution is -2.53. The topological polar surface area (TPSA) is 95.7 Å². The molecule has 2 fully saturated rings. The van der Waals surface area contributed by atoms with Crippen molar-refractivity contribution in [1.82, 2.24) is 15.4 Å². The zero-order valence-corrected chi connectivity index (χ0v) is 15.9. The number of halogens is 3. The molecular weight excluding hydrogens is 403 g/mol. The maximum absolute atomic E-state index is 13.9. The van der Waals surface area contributed by atoms with Gasteiger partial charge in [0.1, 0.15) is 17.5 Å². The van der Waals surface area contributed by atoms with Crippen molar-refractivity contribution in [2.24, 2.45) is 11.8 Å². The van der Waals surface area contributed by atoms with Crippen molar-refractivity contribution >= 4 is 11.9 Å². The molecule has 1 saturated heterocycles. The van der Waals surface area contributed by atoms with Gasteiger partial charge in [-0.25, -0.2) is 13.2 Å². The van der Waals surface area contributed by atoms with Crippen molar-refractivity contribution in [2.45, 2.75) is 25.3 Å². The third kappa shape index (κ3) is 4.33. The molecule has 2 atom stereocenters. The summed E-state index contributed by atoms with van der Waals surface area (Å²) in [6.07, 6.45) is 2.79. The van der Waals surface area contributed by atoms with E-state index in [4.69, 9.17) is 4.52 Å². The lowest BCUT2D eigenvalue weighted by molar-refractivity contribution is -0.144. The molecule has 1 aromatic heterocycles. The van der Waals surface area contributed by atoms with E-state index < -0.39 is 46.9 Å². The summed E-state index contributed by atoms with van der Waals surface area (Å²) >= 11 is 0. The first kappa shape index (κ1) is 20.4. The van der Waals surface area contributed by atoms with E-state index in [1.165, 1.54) is 0 Å². The predicted molar refractivity (Wildman–Crippen MR) is 98.0 cm³/mol. The van der Waals surface area contributed by atoms with E-state index in [-0.39, 0.29) is 11.5 Å². The smallest absolute Gasteiger partial charge is 0.309 e. The molecule has 7 nitrogen and oxygen atoms in total. The van der Waals surface area contributed by atoms with Crippen LogP contribution in [0.25, 0.3) is 11.3 Å². The first-order chi connectivity index (χ1) is 14.3.